The maximum atomic E-state index is 10.5. The molecular weight excluding hydrogens is 132 g/mol. The van der Waals surface area contributed by atoms with E-state index in [-0.39, 0.29) is 0 Å². The number of hydrogen-bond acceptors (Lipinski definition) is 3. The summed E-state index contributed by atoms with van der Waals surface area (Å²) in [5.74, 6) is -0.462. The summed E-state index contributed by atoms with van der Waals surface area (Å²) >= 11 is 0. The van der Waals surface area contributed by atoms with Crippen LogP contribution < -0.4 is 0 Å². The van der Waals surface area contributed by atoms with E-state index in [1.165, 1.54) is 0 Å². The molecule has 54 valence electrons. The van der Waals surface area contributed by atoms with Crippen LogP contribution in [0.2, 0.25) is 0 Å². The molecule has 0 bridgehead atoms. The Balaban J connectivity index is 2.31. The minimum atomic E-state index is -0.509. The highest BCUT2D eigenvalue weighted by Gasteiger charge is 2.11. The summed E-state index contributed by atoms with van der Waals surface area (Å²) in [6, 6.07) is 0. The van der Waals surface area contributed by atoms with E-state index in [0.717, 1.165) is 6.08 Å². The predicted octanol–water partition coefficient (Wildman–Crippen LogP) is 0.628. The van der Waals surface area contributed by atoms with Crippen molar-refractivity contribution in [3.63, 3.8) is 0 Å². The summed E-state index contributed by atoms with van der Waals surface area (Å²) in [6.07, 6.45) is 4.07. The second kappa shape index (κ2) is 3.17. The Hall–Kier alpha value is -1.09. The van der Waals surface area contributed by atoms with E-state index in [9.17, 15) is 4.79 Å². The van der Waals surface area contributed by atoms with Gasteiger partial charge in [-0.2, -0.15) is 0 Å². The number of carbonyl (C=O) groups is 1. The normalized spacial score (nSPS) is 22.6. The summed E-state index contributed by atoms with van der Waals surface area (Å²) < 4.78 is 9.62. The van der Waals surface area contributed by atoms with Crippen molar-refractivity contribution < 1.29 is 14.3 Å². The first-order valence-electron chi connectivity index (χ1n) is 2.94. The van der Waals surface area contributed by atoms with Crippen molar-refractivity contribution in [2.24, 2.45) is 0 Å². The van der Waals surface area contributed by atoms with Gasteiger partial charge in [-0.3, -0.25) is 0 Å². The molecule has 0 aromatic carbocycles. The lowest BCUT2D eigenvalue weighted by molar-refractivity contribution is -0.158. The fraction of sp³-hybridized carbons (Fsp3) is 0.286. The van der Waals surface area contributed by atoms with Gasteiger partial charge < -0.3 is 9.47 Å². The third kappa shape index (κ3) is 1.70. The van der Waals surface area contributed by atoms with Gasteiger partial charge in [-0.1, -0.05) is 12.7 Å². The van der Waals surface area contributed by atoms with Crippen LogP contribution in [0.5, 0.6) is 0 Å². The lowest BCUT2D eigenvalue weighted by Gasteiger charge is -2.06. The summed E-state index contributed by atoms with van der Waals surface area (Å²) in [7, 11) is 0. The molecule has 0 spiro atoms. The topological polar surface area (TPSA) is 35.5 Å². The van der Waals surface area contributed by atoms with Crippen LogP contribution in [0.3, 0.4) is 0 Å². The minimum Gasteiger partial charge on any atom is -0.429 e. The molecule has 0 saturated heterocycles. The van der Waals surface area contributed by atoms with Gasteiger partial charge in [0.2, 0.25) is 6.29 Å². The van der Waals surface area contributed by atoms with Crippen LogP contribution in [0.25, 0.3) is 0 Å². The quantitative estimate of drug-likeness (QED) is 0.320. The van der Waals surface area contributed by atoms with E-state index >= 15 is 0 Å². The largest absolute Gasteiger partial charge is 0.429 e. The molecule has 1 unspecified atom stereocenters. The SMILES string of the molecule is C=CC(=O)OC1C=CCO1. The van der Waals surface area contributed by atoms with E-state index in [1.54, 1.807) is 12.2 Å². The average molecular weight is 140 g/mol. The van der Waals surface area contributed by atoms with Gasteiger partial charge in [-0.05, 0) is 6.08 Å². The fourth-order valence-corrected chi connectivity index (χ4v) is 0.609. The maximum absolute atomic E-state index is 10.5. The molecule has 3 heteroatoms. The Morgan fingerprint density at radius 2 is 2.70 bits per heavy atom. The molecule has 3 nitrogen and oxygen atoms in total. The average Bonchev–Trinajstić information content (AvgIpc) is 2.40. The zero-order valence-electron chi connectivity index (χ0n) is 5.45. The first-order valence-corrected chi connectivity index (χ1v) is 2.94. The molecule has 1 aliphatic heterocycles. The first-order chi connectivity index (χ1) is 4.83. The first kappa shape index (κ1) is 7.02. The second-order valence-corrected chi connectivity index (χ2v) is 1.77. The third-order valence-corrected chi connectivity index (χ3v) is 1.05. The molecule has 1 heterocycles. The summed E-state index contributed by atoms with van der Waals surface area (Å²) in [4.78, 5) is 10.5. The van der Waals surface area contributed by atoms with Crippen LogP contribution >= 0.6 is 0 Å². The zero-order chi connectivity index (χ0) is 7.40. The van der Waals surface area contributed by atoms with Gasteiger partial charge in [0.05, 0.1) is 6.61 Å². The highest BCUT2D eigenvalue weighted by Crippen LogP contribution is 2.04. The maximum Gasteiger partial charge on any atom is 0.332 e. The second-order valence-electron chi connectivity index (χ2n) is 1.77. The Kier molecular flexibility index (Phi) is 2.23. The van der Waals surface area contributed by atoms with E-state index in [4.69, 9.17) is 9.47 Å². The predicted molar refractivity (Wildman–Crippen MR) is 35.2 cm³/mol. The van der Waals surface area contributed by atoms with Crippen LogP contribution in [0.4, 0.5) is 0 Å². The van der Waals surface area contributed by atoms with Crippen LogP contribution in [0, 0.1) is 0 Å². The Labute approximate surface area is 58.9 Å². The molecule has 0 aromatic heterocycles. The zero-order valence-corrected chi connectivity index (χ0v) is 5.45. The van der Waals surface area contributed by atoms with Gasteiger partial charge in [0.15, 0.2) is 0 Å². The van der Waals surface area contributed by atoms with Crippen molar-refractivity contribution in [3.8, 4) is 0 Å². The molecule has 0 fully saturated rings. The third-order valence-electron chi connectivity index (χ3n) is 1.05. The van der Waals surface area contributed by atoms with E-state index in [0.29, 0.717) is 6.61 Å². The van der Waals surface area contributed by atoms with Crippen molar-refractivity contribution in [2.45, 2.75) is 6.29 Å². The fourth-order valence-electron chi connectivity index (χ4n) is 0.609. The lowest BCUT2D eigenvalue weighted by Crippen LogP contribution is -2.14. The molecule has 0 aromatic rings. The molecule has 0 amide bonds. The smallest absolute Gasteiger partial charge is 0.332 e. The molecule has 0 saturated carbocycles. The van der Waals surface area contributed by atoms with Gasteiger partial charge in [0.1, 0.15) is 0 Å². The molecule has 10 heavy (non-hydrogen) atoms. The molecule has 1 rings (SSSR count). The highest BCUT2D eigenvalue weighted by molar-refractivity contribution is 5.81. The minimum absolute atomic E-state index is 0.462. The lowest BCUT2D eigenvalue weighted by atomic mass is 10.5. The van der Waals surface area contributed by atoms with Crippen molar-refractivity contribution in [1.29, 1.82) is 0 Å². The molecule has 0 N–H and O–H groups in total. The van der Waals surface area contributed by atoms with E-state index in [1.807, 2.05) is 0 Å². The van der Waals surface area contributed by atoms with Crippen molar-refractivity contribution in [3.05, 3.63) is 24.8 Å². The Bertz CT molecular complexity index is 172. The molecular formula is C7H8O3. The van der Waals surface area contributed by atoms with E-state index < -0.39 is 12.3 Å². The summed E-state index contributed by atoms with van der Waals surface area (Å²) in [6.45, 7) is 3.76. The number of hydrogen-bond donors (Lipinski definition) is 0. The van der Waals surface area contributed by atoms with Crippen molar-refractivity contribution in [2.75, 3.05) is 6.61 Å². The molecule has 1 aliphatic rings. The van der Waals surface area contributed by atoms with Crippen molar-refractivity contribution in [1.82, 2.24) is 0 Å². The van der Waals surface area contributed by atoms with Crippen LogP contribution in [-0.2, 0) is 14.3 Å². The number of carbonyl (C=O) groups excluding carboxylic acids is 1. The van der Waals surface area contributed by atoms with Gasteiger partial charge in [0.25, 0.3) is 0 Å². The summed E-state index contributed by atoms with van der Waals surface area (Å²) in [5, 5.41) is 0. The van der Waals surface area contributed by atoms with Crippen LogP contribution in [0.1, 0.15) is 0 Å². The molecule has 0 radical (unpaired) electrons. The van der Waals surface area contributed by atoms with Gasteiger partial charge in [-0.25, -0.2) is 4.79 Å². The van der Waals surface area contributed by atoms with Crippen LogP contribution in [0.15, 0.2) is 24.8 Å². The Morgan fingerprint density at radius 1 is 1.90 bits per heavy atom. The number of rotatable bonds is 2. The molecule has 0 aliphatic carbocycles. The number of esters is 1. The van der Waals surface area contributed by atoms with E-state index in [2.05, 4.69) is 6.58 Å². The standard InChI is InChI=1S/C7H8O3/c1-2-6(8)10-7-4-3-5-9-7/h2-4,7H,1,5H2. The molecule has 1 atom stereocenters. The van der Waals surface area contributed by atoms with Gasteiger partial charge >= 0.3 is 5.97 Å². The van der Waals surface area contributed by atoms with Gasteiger partial charge in [-0.15, -0.1) is 0 Å². The van der Waals surface area contributed by atoms with Crippen molar-refractivity contribution >= 4 is 5.97 Å². The van der Waals surface area contributed by atoms with Crippen LogP contribution in [-0.4, -0.2) is 18.9 Å². The number of ether oxygens (including phenoxy) is 2. The monoisotopic (exact) mass is 140 g/mol. The van der Waals surface area contributed by atoms with Gasteiger partial charge in [0, 0.05) is 6.08 Å². The summed E-state index contributed by atoms with van der Waals surface area (Å²) in [5.41, 5.74) is 0. The highest BCUT2D eigenvalue weighted by atomic mass is 16.7. The Morgan fingerprint density at radius 3 is 3.20 bits per heavy atom.